The fraction of sp³-hybridized carbons (Fsp3) is 0.455. The van der Waals surface area contributed by atoms with E-state index in [0.29, 0.717) is 5.69 Å². The molecule has 0 spiro atoms. The van der Waals surface area contributed by atoms with E-state index in [1.54, 1.807) is 19.2 Å². The molecule has 2 atom stereocenters. The van der Waals surface area contributed by atoms with E-state index in [4.69, 9.17) is 10.5 Å². The van der Waals surface area contributed by atoms with Crippen molar-refractivity contribution in [1.29, 1.82) is 0 Å². The lowest BCUT2D eigenvalue weighted by Crippen LogP contribution is -2.13. The molecule has 0 unspecified atom stereocenters. The van der Waals surface area contributed by atoms with Gasteiger partial charge >= 0.3 is 0 Å². The molecule has 0 aliphatic rings. The highest BCUT2D eigenvalue weighted by Gasteiger charge is 2.18. The highest BCUT2D eigenvalue weighted by atomic mass is 19.1. The van der Waals surface area contributed by atoms with Crippen LogP contribution < -0.4 is 5.73 Å². The van der Waals surface area contributed by atoms with Crippen LogP contribution in [-0.2, 0) is 4.74 Å². The van der Waals surface area contributed by atoms with Gasteiger partial charge in [0.1, 0.15) is 0 Å². The van der Waals surface area contributed by atoms with Crippen LogP contribution in [0.3, 0.4) is 0 Å². The Morgan fingerprint density at radius 3 is 2.36 bits per heavy atom. The minimum Gasteiger partial charge on any atom is -0.399 e. The number of halogens is 1. The third-order valence-corrected chi connectivity index (χ3v) is 2.28. The van der Waals surface area contributed by atoms with Crippen LogP contribution in [0, 0.1) is 5.92 Å². The molecule has 0 aliphatic heterocycles. The van der Waals surface area contributed by atoms with E-state index in [0.717, 1.165) is 5.56 Å². The zero-order valence-electron chi connectivity index (χ0n) is 8.53. The van der Waals surface area contributed by atoms with Crippen molar-refractivity contribution < 1.29 is 9.13 Å². The minimum absolute atomic E-state index is 0.136. The van der Waals surface area contributed by atoms with Crippen LogP contribution in [-0.4, -0.2) is 13.8 Å². The van der Waals surface area contributed by atoms with Crippen LogP contribution >= 0.6 is 0 Å². The maximum Gasteiger partial charge on any atom is 0.0948 e. The van der Waals surface area contributed by atoms with Crippen molar-refractivity contribution in [2.75, 3.05) is 19.5 Å². The van der Waals surface area contributed by atoms with Gasteiger partial charge in [-0.3, -0.25) is 4.39 Å². The molecule has 2 nitrogen and oxygen atoms in total. The number of rotatable bonds is 4. The Bertz CT molecular complexity index is 273. The van der Waals surface area contributed by atoms with Gasteiger partial charge in [-0.1, -0.05) is 19.1 Å². The predicted molar refractivity (Wildman–Crippen MR) is 55.7 cm³/mol. The zero-order chi connectivity index (χ0) is 10.6. The predicted octanol–water partition coefficient (Wildman–Crippen LogP) is 2.56. The fourth-order valence-electron chi connectivity index (χ4n) is 1.46. The van der Waals surface area contributed by atoms with E-state index < -0.39 is 0 Å². The van der Waals surface area contributed by atoms with Crippen LogP contribution in [0.2, 0.25) is 0 Å². The SMILES string of the molecule is CO[C@H](c1ccc(N)cc1)[C@H](C)CF. The third-order valence-electron chi connectivity index (χ3n) is 2.28. The van der Waals surface area contributed by atoms with Gasteiger partial charge in [-0.2, -0.15) is 0 Å². The number of nitrogen functional groups attached to an aromatic ring is 1. The highest BCUT2D eigenvalue weighted by Crippen LogP contribution is 2.26. The second-order valence-electron chi connectivity index (χ2n) is 3.45. The molecule has 78 valence electrons. The van der Waals surface area contributed by atoms with Gasteiger partial charge in [-0.05, 0) is 17.7 Å². The maximum absolute atomic E-state index is 12.5. The monoisotopic (exact) mass is 197 g/mol. The molecule has 14 heavy (non-hydrogen) atoms. The number of ether oxygens (including phenoxy) is 1. The van der Waals surface area contributed by atoms with Crippen molar-refractivity contribution >= 4 is 5.69 Å². The van der Waals surface area contributed by atoms with Crippen LogP contribution in [0.4, 0.5) is 10.1 Å². The van der Waals surface area contributed by atoms with Crippen LogP contribution in [0.1, 0.15) is 18.6 Å². The van der Waals surface area contributed by atoms with Crippen LogP contribution in [0.15, 0.2) is 24.3 Å². The van der Waals surface area contributed by atoms with E-state index in [-0.39, 0.29) is 18.7 Å². The number of methoxy groups -OCH3 is 1. The molecule has 0 amide bonds. The van der Waals surface area contributed by atoms with Crippen molar-refractivity contribution in [3.8, 4) is 0 Å². The first-order chi connectivity index (χ1) is 6.69. The summed E-state index contributed by atoms with van der Waals surface area (Å²) in [5.74, 6) is -0.136. The van der Waals surface area contributed by atoms with Crippen molar-refractivity contribution in [2.24, 2.45) is 5.92 Å². The van der Waals surface area contributed by atoms with Gasteiger partial charge in [-0.15, -0.1) is 0 Å². The summed E-state index contributed by atoms with van der Waals surface area (Å²) in [7, 11) is 1.59. The van der Waals surface area contributed by atoms with Crippen molar-refractivity contribution in [1.82, 2.24) is 0 Å². The lowest BCUT2D eigenvalue weighted by Gasteiger charge is -2.20. The molecule has 0 radical (unpaired) electrons. The Hall–Kier alpha value is -1.09. The summed E-state index contributed by atoms with van der Waals surface area (Å²) in [6.07, 6.45) is -0.194. The van der Waals surface area contributed by atoms with Gasteiger partial charge in [0.2, 0.25) is 0 Å². The Morgan fingerprint density at radius 1 is 1.36 bits per heavy atom. The average Bonchev–Trinajstić information content (AvgIpc) is 2.21. The first-order valence-electron chi connectivity index (χ1n) is 4.63. The van der Waals surface area contributed by atoms with E-state index >= 15 is 0 Å². The first kappa shape index (κ1) is 11.0. The van der Waals surface area contributed by atoms with Gasteiger partial charge < -0.3 is 10.5 Å². The van der Waals surface area contributed by atoms with Gasteiger partial charge in [0.15, 0.2) is 0 Å². The quantitative estimate of drug-likeness (QED) is 0.753. The summed E-state index contributed by atoms with van der Waals surface area (Å²) in [5.41, 5.74) is 7.23. The number of nitrogens with two attached hydrogens (primary N) is 1. The van der Waals surface area contributed by atoms with Gasteiger partial charge in [0.05, 0.1) is 12.8 Å². The van der Waals surface area contributed by atoms with E-state index in [9.17, 15) is 4.39 Å². The number of anilines is 1. The van der Waals surface area contributed by atoms with Gasteiger partial charge in [0.25, 0.3) is 0 Å². The minimum atomic E-state index is -0.386. The number of alkyl halides is 1. The number of hydrogen-bond donors (Lipinski definition) is 1. The Labute approximate surface area is 83.9 Å². The molecule has 1 rings (SSSR count). The molecular formula is C11H16FNO. The maximum atomic E-state index is 12.5. The number of benzene rings is 1. The smallest absolute Gasteiger partial charge is 0.0948 e. The van der Waals surface area contributed by atoms with Crippen molar-refractivity contribution in [2.45, 2.75) is 13.0 Å². The second-order valence-corrected chi connectivity index (χ2v) is 3.45. The van der Waals surface area contributed by atoms with E-state index in [1.165, 1.54) is 0 Å². The fourth-order valence-corrected chi connectivity index (χ4v) is 1.46. The van der Waals surface area contributed by atoms with E-state index in [2.05, 4.69) is 0 Å². The molecule has 0 bridgehead atoms. The lowest BCUT2D eigenvalue weighted by atomic mass is 9.98. The van der Waals surface area contributed by atoms with Gasteiger partial charge in [-0.25, -0.2) is 0 Å². The second kappa shape index (κ2) is 4.96. The molecule has 0 fully saturated rings. The normalized spacial score (nSPS) is 15.1. The number of hydrogen-bond acceptors (Lipinski definition) is 2. The Kier molecular flexibility index (Phi) is 3.89. The lowest BCUT2D eigenvalue weighted by molar-refractivity contribution is 0.0480. The molecular weight excluding hydrogens is 181 g/mol. The summed E-state index contributed by atoms with van der Waals surface area (Å²) in [4.78, 5) is 0. The molecule has 2 N–H and O–H groups in total. The van der Waals surface area contributed by atoms with Gasteiger partial charge in [0, 0.05) is 18.7 Å². The summed E-state index contributed by atoms with van der Waals surface area (Å²) in [6.45, 7) is 1.44. The first-order valence-corrected chi connectivity index (χ1v) is 4.63. The summed E-state index contributed by atoms with van der Waals surface area (Å²) >= 11 is 0. The summed E-state index contributed by atoms with van der Waals surface area (Å²) < 4.78 is 17.7. The van der Waals surface area contributed by atoms with Crippen LogP contribution in [0.5, 0.6) is 0 Å². The Morgan fingerprint density at radius 2 is 1.93 bits per heavy atom. The summed E-state index contributed by atoms with van der Waals surface area (Å²) in [5, 5.41) is 0. The van der Waals surface area contributed by atoms with Crippen molar-refractivity contribution in [3.05, 3.63) is 29.8 Å². The highest BCUT2D eigenvalue weighted by molar-refractivity contribution is 5.39. The topological polar surface area (TPSA) is 35.2 Å². The standard InChI is InChI=1S/C11H16FNO/c1-8(7-12)11(14-2)9-3-5-10(13)6-4-9/h3-6,8,11H,7,13H2,1-2H3/t8-,11+/m1/s1. The molecule has 0 aliphatic carbocycles. The summed E-state index contributed by atoms with van der Waals surface area (Å²) in [6, 6.07) is 7.34. The van der Waals surface area contributed by atoms with Crippen molar-refractivity contribution in [3.63, 3.8) is 0 Å². The third kappa shape index (κ3) is 2.45. The molecule has 3 heteroatoms. The molecule has 0 heterocycles. The molecule has 0 saturated heterocycles. The largest absolute Gasteiger partial charge is 0.399 e. The Balaban J connectivity index is 2.84. The molecule has 1 aromatic carbocycles. The molecule has 1 aromatic rings. The zero-order valence-corrected chi connectivity index (χ0v) is 8.53. The van der Waals surface area contributed by atoms with Crippen LogP contribution in [0.25, 0.3) is 0 Å². The average molecular weight is 197 g/mol. The van der Waals surface area contributed by atoms with E-state index in [1.807, 2.05) is 19.1 Å². The molecule has 0 saturated carbocycles. The molecule has 0 aromatic heterocycles.